The molecule has 0 saturated heterocycles. The van der Waals surface area contributed by atoms with Gasteiger partial charge in [-0.1, -0.05) is 170 Å². The number of nitrogens with zero attached hydrogens (tertiary/aromatic N) is 4. The van der Waals surface area contributed by atoms with E-state index in [1.54, 1.807) is 11.3 Å². The molecular formula is C56H36N4S. The normalized spacial score (nSPS) is 11.3. The average Bonchev–Trinajstić information content (AvgIpc) is 3.73. The molecule has 286 valence electrons. The van der Waals surface area contributed by atoms with E-state index < -0.39 is 0 Å². The molecule has 8 aromatic carbocycles. The SMILES string of the molecule is c1ccc(-c2cc(-c3ccccc3)cc(-c3cc(-c4nc(-c5ccccc5)cc(-c5ccccc5)n4)cc(-c4nc(-c5ccccc5)c5sc6ccccc6c5n4)c3)c2)cc1. The molecule has 11 rings (SSSR count). The molecule has 0 aliphatic rings. The van der Waals surface area contributed by atoms with Gasteiger partial charge in [0.1, 0.15) is 0 Å². The molecule has 0 spiro atoms. The Hall–Kier alpha value is -7.86. The lowest BCUT2D eigenvalue weighted by Gasteiger charge is -2.15. The first kappa shape index (κ1) is 36.2. The summed E-state index contributed by atoms with van der Waals surface area (Å²) < 4.78 is 2.25. The molecule has 0 radical (unpaired) electrons. The highest BCUT2D eigenvalue weighted by molar-refractivity contribution is 7.26. The van der Waals surface area contributed by atoms with E-state index in [1.807, 2.05) is 42.5 Å². The third-order valence-corrected chi connectivity index (χ3v) is 12.2. The van der Waals surface area contributed by atoms with Crippen molar-refractivity contribution in [2.75, 3.05) is 0 Å². The van der Waals surface area contributed by atoms with Crippen molar-refractivity contribution in [3.8, 4) is 89.9 Å². The maximum atomic E-state index is 5.43. The average molecular weight is 797 g/mol. The maximum absolute atomic E-state index is 5.43. The van der Waals surface area contributed by atoms with Gasteiger partial charge in [-0.15, -0.1) is 11.3 Å². The summed E-state index contributed by atoms with van der Waals surface area (Å²) in [5, 5.41) is 1.12. The summed E-state index contributed by atoms with van der Waals surface area (Å²) in [6.45, 7) is 0. The van der Waals surface area contributed by atoms with Crippen molar-refractivity contribution in [2.45, 2.75) is 0 Å². The number of hydrogen-bond donors (Lipinski definition) is 0. The topological polar surface area (TPSA) is 51.6 Å². The van der Waals surface area contributed by atoms with Gasteiger partial charge in [0, 0.05) is 37.9 Å². The fourth-order valence-corrected chi connectivity index (χ4v) is 9.20. The minimum Gasteiger partial charge on any atom is -0.228 e. The van der Waals surface area contributed by atoms with Crippen LogP contribution in [0.5, 0.6) is 0 Å². The zero-order valence-corrected chi connectivity index (χ0v) is 33.8. The second-order valence-electron chi connectivity index (χ2n) is 15.1. The number of aromatic nitrogens is 4. The number of thiophene rings is 1. The van der Waals surface area contributed by atoms with E-state index in [9.17, 15) is 0 Å². The lowest BCUT2D eigenvalue weighted by atomic mass is 9.91. The molecule has 0 saturated carbocycles. The highest BCUT2D eigenvalue weighted by Crippen LogP contribution is 2.41. The summed E-state index contributed by atoms with van der Waals surface area (Å²) in [7, 11) is 0. The number of benzene rings is 8. The van der Waals surface area contributed by atoms with Gasteiger partial charge < -0.3 is 0 Å². The van der Waals surface area contributed by atoms with Crippen LogP contribution >= 0.6 is 11.3 Å². The Balaban J connectivity index is 1.20. The first-order valence-corrected chi connectivity index (χ1v) is 21.2. The predicted molar refractivity (Wildman–Crippen MR) is 254 cm³/mol. The predicted octanol–water partition coefficient (Wildman–Crippen LogP) is 15.0. The highest BCUT2D eigenvalue weighted by Gasteiger charge is 2.20. The first-order valence-electron chi connectivity index (χ1n) is 20.4. The molecule has 0 atom stereocenters. The molecular weight excluding hydrogens is 761 g/mol. The van der Waals surface area contributed by atoms with Crippen LogP contribution < -0.4 is 0 Å². The molecule has 3 aromatic heterocycles. The Morgan fingerprint density at radius 1 is 0.279 bits per heavy atom. The molecule has 0 amide bonds. The molecule has 5 heteroatoms. The van der Waals surface area contributed by atoms with E-state index in [1.165, 1.54) is 4.70 Å². The molecule has 61 heavy (non-hydrogen) atoms. The highest BCUT2D eigenvalue weighted by atomic mass is 32.1. The van der Waals surface area contributed by atoms with Crippen LogP contribution in [0.25, 0.3) is 110 Å². The molecule has 0 N–H and O–H groups in total. The molecule has 0 unspecified atom stereocenters. The van der Waals surface area contributed by atoms with Crippen LogP contribution in [0, 0.1) is 0 Å². The summed E-state index contributed by atoms with van der Waals surface area (Å²) in [5.74, 6) is 1.26. The Bertz CT molecular complexity index is 3070. The van der Waals surface area contributed by atoms with Gasteiger partial charge in [0.05, 0.1) is 27.3 Å². The molecule has 0 aliphatic carbocycles. The lowest BCUT2D eigenvalue weighted by Crippen LogP contribution is -1.98. The zero-order valence-electron chi connectivity index (χ0n) is 33.0. The van der Waals surface area contributed by atoms with E-state index in [-0.39, 0.29) is 0 Å². The van der Waals surface area contributed by atoms with Crippen LogP contribution in [0.4, 0.5) is 0 Å². The Labute approximate surface area is 358 Å². The second kappa shape index (κ2) is 15.7. The third kappa shape index (κ3) is 7.18. The third-order valence-electron chi connectivity index (χ3n) is 11.1. The fraction of sp³-hybridized carbons (Fsp3) is 0. The molecule has 4 nitrogen and oxygen atoms in total. The van der Waals surface area contributed by atoms with Gasteiger partial charge in [0.25, 0.3) is 0 Å². The largest absolute Gasteiger partial charge is 0.228 e. The van der Waals surface area contributed by atoms with E-state index >= 15 is 0 Å². The fourth-order valence-electron chi connectivity index (χ4n) is 8.04. The van der Waals surface area contributed by atoms with Crippen LogP contribution in [0.1, 0.15) is 0 Å². The van der Waals surface area contributed by atoms with Gasteiger partial charge in [0.2, 0.25) is 0 Å². The first-order chi connectivity index (χ1) is 30.2. The maximum Gasteiger partial charge on any atom is 0.160 e. The minimum atomic E-state index is 0.621. The Morgan fingerprint density at radius 3 is 1.16 bits per heavy atom. The lowest BCUT2D eigenvalue weighted by molar-refractivity contribution is 1.18. The van der Waals surface area contributed by atoms with E-state index in [4.69, 9.17) is 19.9 Å². The smallest absolute Gasteiger partial charge is 0.160 e. The Kier molecular flexibility index (Phi) is 9.34. The summed E-state index contributed by atoms with van der Waals surface area (Å²) in [6, 6.07) is 76.3. The van der Waals surface area contributed by atoms with E-state index in [2.05, 4.69) is 176 Å². The monoisotopic (exact) mass is 796 g/mol. The van der Waals surface area contributed by atoms with Gasteiger partial charge in [-0.25, -0.2) is 19.9 Å². The zero-order chi connectivity index (χ0) is 40.5. The summed E-state index contributed by atoms with van der Waals surface area (Å²) in [6.07, 6.45) is 0. The van der Waals surface area contributed by atoms with Gasteiger partial charge in [-0.05, 0) is 81.9 Å². The van der Waals surface area contributed by atoms with Crippen molar-refractivity contribution < 1.29 is 0 Å². The van der Waals surface area contributed by atoms with Crippen LogP contribution in [0.2, 0.25) is 0 Å². The second-order valence-corrected chi connectivity index (χ2v) is 16.1. The van der Waals surface area contributed by atoms with Crippen molar-refractivity contribution in [1.29, 1.82) is 0 Å². The molecule has 0 bridgehead atoms. The summed E-state index contributed by atoms with van der Waals surface area (Å²) in [4.78, 5) is 21.4. The van der Waals surface area contributed by atoms with Gasteiger partial charge in [0.15, 0.2) is 11.6 Å². The standard InChI is InChI=1S/C56H36N4S/c1-6-18-37(19-7-1)42-30-43(38-20-8-2-9-21-38)32-44(31-42)45-33-46(55-57-49(39-22-10-3-11-23-39)36-50(58-55)40-24-12-4-13-25-40)35-47(34-45)56-59-52(41-26-14-5-15-27-41)54-53(60-56)48-28-16-17-29-51(48)61-54/h1-36H. The van der Waals surface area contributed by atoms with Crippen molar-refractivity contribution >= 4 is 31.6 Å². The van der Waals surface area contributed by atoms with Crippen LogP contribution in [0.3, 0.4) is 0 Å². The molecule has 0 aliphatic heterocycles. The minimum absolute atomic E-state index is 0.621. The quantitative estimate of drug-likeness (QED) is 0.154. The summed E-state index contributed by atoms with van der Waals surface area (Å²) in [5.41, 5.74) is 15.0. The van der Waals surface area contributed by atoms with Crippen molar-refractivity contribution in [3.63, 3.8) is 0 Å². The van der Waals surface area contributed by atoms with Crippen LogP contribution in [-0.4, -0.2) is 19.9 Å². The number of hydrogen-bond acceptors (Lipinski definition) is 5. The number of rotatable bonds is 8. The molecule has 11 aromatic rings. The van der Waals surface area contributed by atoms with Crippen LogP contribution in [-0.2, 0) is 0 Å². The van der Waals surface area contributed by atoms with Gasteiger partial charge in [-0.3, -0.25) is 0 Å². The Morgan fingerprint density at radius 2 is 0.656 bits per heavy atom. The van der Waals surface area contributed by atoms with E-state index in [0.717, 1.165) is 93.9 Å². The number of fused-ring (bicyclic) bond motifs is 3. The molecule has 3 heterocycles. The van der Waals surface area contributed by atoms with Crippen molar-refractivity contribution in [3.05, 3.63) is 218 Å². The van der Waals surface area contributed by atoms with E-state index in [0.29, 0.717) is 11.6 Å². The van der Waals surface area contributed by atoms with Gasteiger partial charge >= 0.3 is 0 Å². The molecule has 0 fully saturated rings. The summed E-state index contributed by atoms with van der Waals surface area (Å²) >= 11 is 1.74. The van der Waals surface area contributed by atoms with Crippen molar-refractivity contribution in [2.24, 2.45) is 0 Å². The van der Waals surface area contributed by atoms with Gasteiger partial charge in [-0.2, -0.15) is 0 Å². The van der Waals surface area contributed by atoms with Crippen molar-refractivity contribution in [1.82, 2.24) is 19.9 Å². The van der Waals surface area contributed by atoms with Crippen LogP contribution in [0.15, 0.2) is 218 Å².